The molecule has 0 bridgehead atoms. The predicted molar refractivity (Wildman–Crippen MR) is 75.7 cm³/mol. The molecule has 0 fully saturated rings. The van der Waals surface area contributed by atoms with Crippen LogP contribution in [0.2, 0.25) is 0 Å². The third-order valence-electron chi connectivity index (χ3n) is 4.13. The quantitative estimate of drug-likeness (QED) is 0.778. The Hall–Kier alpha value is -1.61. The van der Waals surface area contributed by atoms with Gasteiger partial charge in [-0.15, -0.1) is 0 Å². The number of rotatable bonds is 1. The fourth-order valence-corrected chi connectivity index (χ4v) is 2.82. The first-order valence-corrected chi connectivity index (χ1v) is 6.98. The van der Waals surface area contributed by atoms with E-state index in [-0.39, 0.29) is 11.9 Å². The minimum Gasteiger partial charge on any atom is -0.337 e. The lowest BCUT2D eigenvalue weighted by Gasteiger charge is -2.32. The number of carbonyl (C=O) groups is 1. The monoisotopic (exact) mass is 256 g/mol. The van der Waals surface area contributed by atoms with Gasteiger partial charge in [-0.1, -0.05) is 35.9 Å². The van der Waals surface area contributed by atoms with E-state index < -0.39 is 0 Å². The van der Waals surface area contributed by atoms with Crippen molar-refractivity contribution in [1.82, 2.24) is 10.2 Å². The minimum atomic E-state index is -0.0540. The van der Waals surface area contributed by atoms with Crippen molar-refractivity contribution >= 4 is 5.91 Å². The highest BCUT2D eigenvalue weighted by atomic mass is 16.2. The van der Waals surface area contributed by atoms with Gasteiger partial charge in [0, 0.05) is 19.6 Å². The van der Waals surface area contributed by atoms with Crippen LogP contribution in [0.15, 0.2) is 35.9 Å². The van der Waals surface area contributed by atoms with Gasteiger partial charge in [-0.2, -0.15) is 0 Å². The molecule has 0 saturated heterocycles. The molecule has 1 atom stereocenters. The van der Waals surface area contributed by atoms with Gasteiger partial charge in [0.1, 0.15) is 0 Å². The summed E-state index contributed by atoms with van der Waals surface area (Å²) in [6.07, 6.45) is 3.99. The Kier molecular flexibility index (Phi) is 3.38. The van der Waals surface area contributed by atoms with Crippen LogP contribution in [-0.2, 0) is 17.8 Å². The van der Waals surface area contributed by atoms with Gasteiger partial charge in [-0.05, 0) is 30.9 Å². The number of carbonyl (C=O) groups excluding carboxylic acids is 1. The Morgan fingerprint density at radius 1 is 1.32 bits per heavy atom. The van der Waals surface area contributed by atoms with Gasteiger partial charge in [-0.3, -0.25) is 4.79 Å². The molecular weight excluding hydrogens is 236 g/mol. The zero-order chi connectivity index (χ0) is 13.2. The lowest BCUT2D eigenvalue weighted by atomic mass is 9.95. The Bertz CT molecular complexity index is 521. The molecule has 19 heavy (non-hydrogen) atoms. The molecule has 2 aliphatic rings. The van der Waals surface area contributed by atoms with Crippen LogP contribution < -0.4 is 5.32 Å². The minimum absolute atomic E-state index is 0.0540. The fourth-order valence-electron chi connectivity index (χ4n) is 2.82. The predicted octanol–water partition coefficient (Wildman–Crippen LogP) is 1.88. The number of hydrogen-bond donors (Lipinski definition) is 1. The highest BCUT2D eigenvalue weighted by Gasteiger charge is 2.28. The van der Waals surface area contributed by atoms with Crippen molar-refractivity contribution in [3.63, 3.8) is 0 Å². The van der Waals surface area contributed by atoms with E-state index >= 15 is 0 Å². The highest BCUT2D eigenvalue weighted by molar-refractivity contribution is 5.83. The molecule has 100 valence electrons. The van der Waals surface area contributed by atoms with E-state index in [2.05, 4.69) is 42.6 Å². The van der Waals surface area contributed by atoms with Crippen LogP contribution in [0.1, 0.15) is 24.5 Å². The van der Waals surface area contributed by atoms with E-state index in [9.17, 15) is 4.79 Å². The van der Waals surface area contributed by atoms with E-state index in [0.29, 0.717) is 0 Å². The Labute approximate surface area is 114 Å². The summed E-state index contributed by atoms with van der Waals surface area (Å²) in [5, 5.41) is 3.37. The summed E-state index contributed by atoms with van der Waals surface area (Å²) in [7, 11) is 0. The second-order valence-electron chi connectivity index (χ2n) is 5.49. The molecule has 0 aromatic heterocycles. The maximum Gasteiger partial charge on any atom is 0.240 e. The highest BCUT2D eigenvalue weighted by Crippen LogP contribution is 2.18. The van der Waals surface area contributed by atoms with Crippen molar-refractivity contribution in [3.05, 3.63) is 47.0 Å². The first kappa shape index (κ1) is 12.4. The van der Waals surface area contributed by atoms with Crippen LogP contribution in [0.4, 0.5) is 0 Å². The summed E-state index contributed by atoms with van der Waals surface area (Å²) in [5.41, 5.74) is 4.02. The molecule has 3 rings (SSSR count). The molecule has 1 aromatic rings. The fraction of sp³-hybridized carbons (Fsp3) is 0.438. The summed E-state index contributed by atoms with van der Waals surface area (Å²) < 4.78 is 0. The van der Waals surface area contributed by atoms with Crippen LogP contribution in [0, 0.1) is 0 Å². The van der Waals surface area contributed by atoms with Gasteiger partial charge >= 0.3 is 0 Å². The van der Waals surface area contributed by atoms with Crippen molar-refractivity contribution in [2.24, 2.45) is 0 Å². The number of nitrogens with zero attached hydrogens (tertiary/aromatic N) is 1. The van der Waals surface area contributed by atoms with Gasteiger partial charge in [0.25, 0.3) is 0 Å². The van der Waals surface area contributed by atoms with E-state index in [0.717, 1.165) is 32.5 Å². The van der Waals surface area contributed by atoms with Crippen LogP contribution in [0.25, 0.3) is 0 Å². The molecule has 0 unspecified atom stereocenters. The Balaban J connectivity index is 1.70. The average Bonchev–Trinajstić information content (AvgIpc) is 2.47. The largest absolute Gasteiger partial charge is 0.337 e. The van der Waals surface area contributed by atoms with E-state index in [1.807, 2.05) is 4.90 Å². The normalized spacial score (nSPS) is 22.7. The molecule has 1 aromatic carbocycles. The van der Waals surface area contributed by atoms with Crippen molar-refractivity contribution in [2.45, 2.75) is 32.4 Å². The number of fused-ring (bicyclic) bond motifs is 1. The lowest BCUT2D eigenvalue weighted by molar-refractivity contribution is -0.133. The molecule has 0 aliphatic carbocycles. The van der Waals surface area contributed by atoms with Crippen LogP contribution in [0.5, 0.6) is 0 Å². The lowest BCUT2D eigenvalue weighted by Crippen LogP contribution is -2.50. The smallest absolute Gasteiger partial charge is 0.240 e. The van der Waals surface area contributed by atoms with Gasteiger partial charge in [0.05, 0.1) is 6.04 Å². The number of nitrogens with one attached hydrogen (secondary N) is 1. The van der Waals surface area contributed by atoms with Crippen LogP contribution >= 0.6 is 0 Å². The molecule has 0 radical (unpaired) electrons. The van der Waals surface area contributed by atoms with Crippen molar-refractivity contribution < 1.29 is 4.79 Å². The molecule has 2 aliphatic heterocycles. The summed E-state index contributed by atoms with van der Waals surface area (Å²) in [6, 6.07) is 8.33. The number of amides is 1. The van der Waals surface area contributed by atoms with Gasteiger partial charge in [-0.25, -0.2) is 0 Å². The third-order valence-corrected chi connectivity index (χ3v) is 4.13. The maximum absolute atomic E-state index is 12.5. The van der Waals surface area contributed by atoms with E-state index in [1.165, 1.54) is 16.7 Å². The Morgan fingerprint density at radius 3 is 2.84 bits per heavy atom. The van der Waals surface area contributed by atoms with Crippen molar-refractivity contribution in [3.8, 4) is 0 Å². The SMILES string of the molecule is CC1=CCN(C(=O)[C@@H]2Cc3ccccc3CN2)CC1. The van der Waals surface area contributed by atoms with Crippen LogP contribution in [0.3, 0.4) is 0 Å². The zero-order valence-electron chi connectivity index (χ0n) is 11.4. The molecule has 3 heteroatoms. The van der Waals surface area contributed by atoms with Crippen molar-refractivity contribution in [2.75, 3.05) is 13.1 Å². The molecule has 0 saturated carbocycles. The zero-order valence-corrected chi connectivity index (χ0v) is 11.4. The summed E-state index contributed by atoms with van der Waals surface area (Å²) in [4.78, 5) is 14.5. The molecule has 1 amide bonds. The molecule has 2 heterocycles. The molecule has 0 spiro atoms. The molecular formula is C16H20N2O. The number of benzene rings is 1. The summed E-state index contributed by atoms with van der Waals surface area (Å²) >= 11 is 0. The summed E-state index contributed by atoms with van der Waals surface area (Å²) in [6.45, 7) is 4.57. The van der Waals surface area contributed by atoms with Gasteiger partial charge in [0.2, 0.25) is 5.91 Å². The van der Waals surface area contributed by atoms with E-state index in [4.69, 9.17) is 0 Å². The molecule has 1 N–H and O–H groups in total. The van der Waals surface area contributed by atoms with Crippen LogP contribution in [-0.4, -0.2) is 29.9 Å². The maximum atomic E-state index is 12.5. The number of hydrogen-bond acceptors (Lipinski definition) is 2. The average molecular weight is 256 g/mol. The third kappa shape index (κ3) is 2.56. The first-order valence-electron chi connectivity index (χ1n) is 6.98. The van der Waals surface area contributed by atoms with Crippen molar-refractivity contribution in [1.29, 1.82) is 0 Å². The van der Waals surface area contributed by atoms with Gasteiger partial charge in [0.15, 0.2) is 0 Å². The first-order chi connectivity index (χ1) is 9.24. The second-order valence-corrected chi connectivity index (χ2v) is 5.49. The van der Waals surface area contributed by atoms with Gasteiger partial charge < -0.3 is 10.2 Å². The van der Waals surface area contributed by atoms with E-state index in [1.54, 1.807) is 0 Å². The standard InChI is InChI=1S/C16H20N2O/c1-12-6-8-18(9-7-12)16(19)15-10-13-4-2-3-5-14(13)11-17-15/h2-6,15,17H,7-11H2,1H3/t15-/m0/s1. The molecule has 3 nitrogen and oxygen atoms in total. The second kappa shape index (κ2) is 5.17. The Morgan fingerprint density at radius 2 is 2.11 bits per heavy atom. The topological polar surface area (TPSA) is 32.3 Å². The summed E-state index contributed by atoms with van der Waals surface area (Å²) in [5.74, 6) is 0.248.